The molecule has 0 radical (unpaired) electrons. The highest BCUT2D eigenvalue weighted by molar-refractivity contribution is 9.10. The van der Waals surface area contributed by atoms with Crippen molar-refractivity contribution in [1.29, 1.82) is 0 Å². The summed E-state index contributed by atoms with van der Waals surface area (Å²) in [7, 11) is 0. The third-order valence-corrected chi connectivity index (χ3v) is 4.57. The molecule has 104 valence electrons. The molecule has 1 fully saturated rings. The topological polar surface area (TPSA) is 49.3 Å². The fourth-order valence-electron chi connectivity index (χ4n) is 1.96. The largest absolute Gasteiger partial charge is 0.388 e. The molecule has 1 amide bonds. The van der Waals surface area contributed by atoms with Gasteiger partial charge in [0.1, 0.15) is 5.82 Å². The lowest BCUT2D eigenvalue weighted by Crippen LogP contribution is -2.45. The Bertz CT molecular complexity index is 457. The van der Waals surface area contributed by atoms with E-state index in [0.717, 1.165) is 11.5 Å². The lowest BCUT2D eigenvalue weighted by Gasteiger charge is -2.31. The van der Waals surface area contributed by atoms with E-state index in [1.807, 2.05) is 0 Å². The molecule has 1 heterocycles. The molecule has 0 aliphatic carbocycles. The van der Waals surface area contributed by atoms with Gasteiger partial charge in [-0.05, 0) is 42.5 Å². The molecule has 0 saturated carbocycles. The number of amides is 1. The minimum atomic E-state index is -0.828. The van der Waals surface area contributed by atoms with E-state index in [0.29, 0.717) is 17.3 Å². The number of rotatable bonds is 3. The molecule has 3 nitrogen and oxygen atoms in total. The van der Waals surface area contributed by atoms with Crippen LogP contribution in [0.1, 0.15) is 23.2 Å². The third kappa shape index (κ3) is 4.19. The first-order chi connectivity index (χ1) is 8.98. The summed E-state index contributed by atoms with van der Waals surface area (Å²) in [5, 5.41) is 12.9. The minimum absolute atomic E-state index is 0.209. The van der Waals surface area contributed by atoms with Crippen molar-refractivity contribution in [2.75, 3.05) is 18.1 Å². The number of hydrogen-bond acceptors (Lipinski definition) is 3. The van der Waals surface area contributed by atoms with Crippen molar-refractivity contribution >= 4 is 33.6 Å². The van der Waals surface area contributed by atoms with Crippen LogP contribution in [0.15, 0.2) is 22.7 Å². The van der Waals surface area contributed by atoms with Crippen LogP contribution in [0.4, 0.5) is 4.39 Å². The average Bonchev–Trinajstić information content (AvgIpc) is 2.36. The average molecular weight is 348 g/mol. The summed E-state index contributed by atoms with van der Waals surface area (Å²) >= 11 is 4.95. The van der Waals surface area contributed by atoms with Crippen LogP contribution in [0.3, 0.4) is 0 Å². The van der Waals surface area contributed by atoms with Crippen molar-refractivity contribution in [2.24, 2.45) is 0 Å². The number of hydrogen-bond donors (Lipinski definition) is 2. The Kier molecular flexibility index (Phi) is 4.86. The highest BCUT2D eigenvalue weighted by Crippen LogP contribution is 2.26. The van der Waals surface area contributed by atoms with Crippen LogP contribution < -0.4 is 5.32 Å². The van der Waals surface area contributed by atoms with E-state index in [2.05, 4.69) is 21.2 Å². The van der Waals surface area contributed by atoms with Crippen LogP contribution in [-0.2, 0) is 0 Å². The summed E-state index contributed by atoms with van der Waals surface area (Å²) in [4.78, 5) is 11.9. The standard InChI is InChI=1S/C13H15BrFNO2S/c14-10-5-9(6-11(15)7-10)12(17)16-8-13(18)1-3-19-4-2-13/h5-7,18H,1-4,8H2,(H,16,17). The molecule has 19 heavy (non-hydrogen) atoms. The summed E-state index contributed by atoms with van der Waals surface area (Å²) in [6.45, 7) is 0.209. The van der Waals surface area contributed by atoms with Crippen LogP contribution in [-0.4, -0.2) is 34.7 Å². The maximum atomic E-state index is 13.2. The third-order valence-electron chi connectivity index (χ3n) is 3.13. The number of thioether (sulfide) groups is 1. The summed E-state index contributed by atoms with van der Waals surface area (Å²) in [6.07, 6.45) is 1.34. The van der Waals surface area contributed by atoms with Gasteiger partial charge >= 0.3 is 0 Å². The fourth-order valence-corrected chi connectivity index (χ4v) is 3.68. The fraction of sp³-hybridized carbons (Fsp3) is 0.462. The molecular weight excluding hydrogens is 333 g/mol. The van der Waals surface area contributed by atoms with Crippen LogP contribution >= 0.6 is 27.7 Å². The van der Waals surface area contributed by atoms with Crippen LogP contribution in [0.25, 0.3) is 0 Å². The summed E-state index contributed by atoms with van der Waals surface area (Å²) in [5.74, 6) is 0.967. The summed E-state index contributed by atoms with van der Waals surface area (Å²) < 4.78 is 13.7. The Morgan fingerprint density at radius 1 is 1.42 bits per heavy atom. The van der Waals surface area contributed by atoms with E-state index in [1.54, 1.807) is 17.8 Å². The Morgan fingerprint density at radius 2 is 2.11 bits per heavy atom. The van der Waals surface area contributed by atoms with Crippen molar-refractivity contribution in [3.8, 4) is 0 Å². The van der Waals surface area contributed by atoms with Gasteiger partial charge in [-0.2, -0.15) is 11.8 Å². The highest BCUT2D eigenvalue weighted by Gasteiger charge is 2.29. The second-order valence-electron chi connectivity index (χ2n) is 4.68. The predicted octanol–water partition coefficient (Wildman–Crippen LogP) is 2.58. The number of benzene rings is 1. The van der Waals surface area contributed by atoms with Gasteiger partial charge in [0.05, 0.1) is 5.60 Å². The molecule has 1 aliphatic heterocycles. The maximum absolute atomic E-state index is 13.2. The second kappa shape index (κ2) is 6.24. The first-order valence-corrected chi connectivity index (χ1v) is 7.98. The zero-order chi connectivity index (χ0) is 13.9. The molecular formula is C13H15BrFNO2S. The molecule has 1 saturated heterocycles. The Hall–Kier alpha value is -0.590. The molecule has 0 bridgehead atoms. The monoisotopic (exact) mass is 347 g/mol. The van der Waals surface area contributed by atoms with E-state index in [9.17, 15) is 14.3 Å². The van der Waals surface area contributed by atoms with Crippen molar-refractivity contribution in [1.82, 2.24) is 5.32 Å². The molecule has 6 heteroatoms. The lowest BCUT2D eigenvalue weighted by atomic mass is 9.97. The van der Waals surface area contributed by atoms with E-state index in [4.69, 9.17) is 0 Å². The van der Waals surface area contributed by atoms with Gasteiger partial charge in [-0.3, -0.25) is 4.79 Å². The van der Waals surface area contributed by atoms with E-state index < -0.39 is 11.4 Å². The highest BCUT2D eigenvalue weighted by atomic mass is 79.9. The molecule has 1 aromatic carbocycles. The Balaban J connectivity index is 1.97. The van der Waals surface area contributed by atoms with E-state index in [-0.39, 0.29) is 18.0 Å². The molecule has 2 rings (SSSR count). The Labute approximate surface area is 124 Å². The van der Waals surface area contributed by atoms with Gasteiger partial charge < -0.3 is 10.4 Å². The maximum Gasteiger partial charge on any atom is 0.251 e. The van der Waals surface area contributed by atoms with Crippen LogP contribution in [0, 0.1) is 5.82 Å². The smallest absolute Gasteiger partial charge is 0.251 e. The van der Waals surface area contributed by atoms with Gasteiger partial charge in [0, 0.05) is 16.6 Å². The zero-order valence-electron chi connectivity index (χ0n) is 10.3. The van der Waals surface area contributed by atoms with Gasteiger partial charge in [-0.15, -0.1) is 0 Å². The van der Waals surface area contributed by atoms with Gasteiger partial charge in [0.15, 0.2) is 0 Å². The molecule has 0 aromatic heterocycles. The van der Waals surface area contributed by atoms with Gasteiger partial charge in [-0.1, -0.05) is 15.9 Å². The van der Waals surface area contributed by atoms with Crippen LogP contribution in [0.2, 0.25) is 0 Å². The number of halogens is 2. The molecule has 1 aliphatic rings. The van der Waals surface area contributed by atoms with Crippen molar-refractivity contribution in [3.63, 3.8) is 0 Å². The molecule has 2 N–H and O–H groups in total. The number of aliphatic hydroxyl groups is 1. The molecule has 0 atom stereocenters. The summed E-state index contributed by atoms with van der Waals surface area (Å²) in [5.41, 5.74) is -0.577. The quantitative estimate of drug-likeness (QED) is 0.883. The summed E-state index contributed by atoms with van der Waals surface area (Å²) in [6, 6.07) is 4.03. The minimum Gasteiger partial charge on any atom is -0.388 e. The van der Waals surface area contributed by atoms with E-state index in [1.165, 1.54) is 12.1 Å². The number of carbonyl (C=O) groups is 1. The van der Waals surface area contributed by atoms with E-state index >= 15 is 0 Å². The molecule has 0 spiro atoms. The Morgan fingerprint density at radius 3 is 2.74 bits per heavy atom. The van der Waals surface area contributed by atoms with Gasteiger partial charge in [0.2, 0.25) is 0 Å². The first kappa shape index (κ1) is 14.8. The van der Waals surface area contributed by atoms with Crippen molar-refractivity contribution < 1.29 is 14.3 Å². The molecule has 1 aromatic rings. The predicted molar refractivity (Wildman–Crippen MR) is 77.9 cm³/mol. The van der Waals surface area contributed by atoms with Crippen molar-refractivity contribution in [2.45, 2.75) is 18.4 Å². The van der Waals surface area contributed by atoms with Gasteiger partial charge in [-0.25, -0.2) is 4.39 Å². The van der Waals surface area contributed by atoms with Crippen LogP contribution in [0.5, 0.6) is 0 Å². The lowest BCUT2D eigenvalue weighted by molar-refractivity contribution is 0.0311. The normalized spacial score (nSPS) is 18.1. The molecule has 0 unspecified atom stereocenters. The second-order valence-corrected chi connectivity index (χ2v) is 6.82. The zero-order valence-corrected chi connectivity index (χ0v) is 12.7. The SMILES string of the molecule is O=C(NCC1(O)CCSCC1)c1cc(F)cc(Br)c1. The van der Waals surface area contributed by atoms with Gasteiger partial charge in [0.25, 0.3) is 5.91 Å². The van der Waals surface area contributed by atoms with Crippen molar-refractivity contribution in [3.05, 3.63) is 34.1 Å². The number of carbonyl (C=O) groups excluding carboxylic acids is 1. The number of nitrogens with one attached hydrogen (secondary N) is 1. The first-order valence-electron chi connectivity index (χ1n) is 6.03.